The third kappa shape index (κ3) is 5.58. The molecule has 2 aromatic carbocycles. The molecular formula is C19H18FN3O4S2. The molecule has 0 unspecified atom stereocenters. The first-order valence-electron chi connectivity index (χ1n) is 8.72. The first-order chi connectivity index (χ1) is 13.9. The van der Waals surface area contributed by atoms with Gasteiger partial charge in [-0.25, -0.2) is 12.8 Å². The Morgan fingerprint density at radius 1 is 1.17 bits per heavy atom. The maximum absolute atomic E-state index is 13.0. The van der Waals surface area contributed by atoms with E-state index in [0.717, 1.165) is 17.8 Å². The van der Waals surface area contributed by atoms with Gasteiger partial charge in [0.1, 0.15) is 11.6 Å². The molecule has 1 amide bonds. The summed E-state index contributed by atoms with van der Waals surface area (Å²) in [5, 5.41) is 10.0. The number of carbonyl (C=O) groups excluding carboxylic acids is 1. The largest absolute Gasteiger partial charge is 0.494 e. The predicted molar refractivity (Wildman–Crippen MR) is 107 cm³/mol. The van der Waals surface area contributed by atoms with E-state index in [4.69, 9.17) is 4.74 Å². The van der Waals surface area contributed by atoms with Gasteiger partial charge in [-0.15, -0.1) is 10.2 Å². The molecule has 0 atom stereocenters. The number of carbonyl (C=O) groups is 1. The number of nitrogens with one attached hydrogen (secondary N) is 1. The molecule has 29 heavy (non-hydrogen) atoms. The number of hydrogen-bond acceptors (Lipinski definition) is 7. The maximum atomic E-state index is 13.0. The highest BCUT2D eigenvalue weighted by Gasteiger charge is 2.22. The van der Waals surface area contributed by atoms with Gasteiger partial charge in [0.15, 0.2) is 0 Å². The van der Waals surface area contributed by atoms with Crippen LogP contribution < -0.4 is 10.1 Å². The van der Waals surface area contributed by atoms with Crippen molar-refractivity contribution in [1.29, 1.82) is 0 Å². The number of amides is 1. The predicted octanol–water partition coefficient (Wildman–Crippen LogP) is 3.69. The second-order valence-corrected chi connectivity index (χ2v) is 9.23. The van der Waals surface area contributed by atoms with E-state index in [1.54, 1.807) is 24.3 Å². The molecule has 0 spiro atoms. The Morgan fingerprint density at radius 3 is 2.66 bits per heavy atom. The van der Waals surface area contributed by atoms with E-state index in [1.807, 2.05) is 6.92 Å². The van der Waals surface area contributed by atoms with Crippen LogP contribution in [-0.2, 0) is 15.6 Å². The maximum Gasteiger partial charge on any atom is 0.257 e. The normalized spacial score (nSPS) is 11.2. The Labute approximate surface area is 171 Å². The van der Waals surface area contributed by atoms with Crippen LogP contribution in [-0.4, -0.2) is 31.1 Å². The average molecular weight is 436 g/mol. The Hall–Kier alpha value is -2.85. The first kappa shape index (κ1) is 20.9. The minimum Gasteiger partial charge on any atom is -0.494 e. The van der Waals surface area contributed by atoms with Crippen LogP contribution in [0.25, 0.3) is 0 Å². The van der Waals surface area contributed by atoms with Crippen molar-refractivity contribution >= 4 is 32.2 Å². The number of anilines is 1. The average Bonchev–Trinajstić information content (AvgIpc) is 3.18. The van der Waals surface area contributed by atoms with Gasteiger partial charge >= 0.3 is 0 Å². The van der Waals surface area contributed by atoms with Crippen molar-refractivity contribution < 1.29 is 22.3 Å². The van der Waals surface area contributed by atoms with Crippen LogP contribution in [0.15, 0.2) is 52.9 Å². The SMILES string of the molecule is CCCOc1cccc(C(=O)Nc2nnc(S(=O)(=O)Cc3ccc(F)cc3)s2)c1. The zero-order valence-corrected chi connectivity index (χ0v) is 17.1. The molecule has 0 saturated carbocycles. The monoisotopic (exact) mass is 435 g/mol. The molecule has 0 aliphatic rings. The fraction of sp³-hybridized carbons (Fsp3) is 0.211. The van der Waals surface area contributed by atoms with Crippen molar-refractivity contribution in [2.24, 2.45) is 0 Å². The van der Waals surface area contributed by atoms with E-state index < -0.39 is 21.6 Å². The summed E-state index contributed by atoms with van der Waals surface area (Å²) in [5.74, 6) is -0.673. The van der Waals surface area contributed by atoms with Crippen molar-refractivity contribution in [2.45, 2.75) is 23.4 Å². The molecule has 3 rings (SSSR count). The van der Waals surface area contributed by atoms with Gasteiger partial charge in [0.2, 0.25) is 19.3 Å². The second kappa shape index (κ2) is 9.10. The molecule has 0 bridgehead atoms. The molecule has 1 heterocycles. The Morgan fingerprint density at radius 2 is 1.93 bits per heavy atom. The van der Waals surface area contributed by atoms with Crippen LogP contribution in [0.1, 0.15) is 29.3 Å². The van der Waals surface area contributed by atoms with Gasteiger partial charge in [0.25, 0.3) is 5.91 Å². The minimum absolute atomic E-state index is 0.0626. The molecule has 152 valence electrons. The van der Waals surface area contributed by atoms with E-state index in [1.165, 1.54) is 24.3 Å². The number of benzene rings is 2. The van der Waals surface area contributed by atoms with Crippen LogP contribution in [0.2, 0.25) is 0 Å². The number of nitrogens with zero attached hydrogens (tertiary/aromatic N) is 2. The van der Waals surface area contributed by atoms with Gasteiger partial charge in [0.05, 0.1) is 12.4 Å². The number of rotatable bonds is 8. The molecule has 3 aromatic rings. The summed E-state index contributed by atoms with van der Waals surface area (Å²) < 4.78 is 43.2. The highest BCUT2D eigenvalue weighted by Crippen LogP contribution is 2.24. The lowest BCUT2D eigenvalue weighted by Gasteiger charge is -2.06. The van der Waals surface area contributed by atoms with Crippen molar-refractivity contribution in [1.82, 2.24) is 10.2 Å². The van der Waals surface area contributed by atoms with Crippen LogP contribution in [0, 0.1) is 5.82 Å². The second-order valence-electron chi connectivity index (χ2n) is 6.09. The molecule has 0 aliphatic carbocycles. The molecule has 0 radical (unpaired) electrons. The highest BCUT2D eigenvalue weighted by atomic mass is 32.2. The summed E-state index contributed by atoms with van der Waals surface area (Å²) in [7, 11) is -3.77. The molecule has 7 nitrogen and oxygen atoms in total. The van der Waals surface area contributed by atoms with Gasteiger partial charge in [-0.3, -0.25) is 10.1 Å². The zero-order valence-electron chi connectivity index (χ0n) is 15.5. The van der Waals surface area contributed by atoms with Crippen molar-refractivity contribution in [3.63, 3.8) is 0 Å². The van der Waals surface area contributed by atoms with Crippen molar-refractivity contribution in [3.05, 3.63) is 65.5 Å². The zero-order chi connectivity index (χ0) is 20.9. The lowest BCUT2D eigenvalue weighted by molar-refractivity contribution is 0.102. The van der Waals surface area contributed by atoms with Gasteiger partial charge in [-0.1, -0.05) is 36.5 Å². The summed E-state index contributed by atoms with van der Waals surface area (Å²) in [4.78, 5) is 12.4. The summed E-state index contributed by atoms with van der Waals surface area (Å²) in [5.41, 5.74) is 0.778. The summed E-state index contributed by atoms with van der Waals surface area (Å²) >= 11 is 0.756. The number of hydrogen-bond donors (Lipinski definition) is 1. The number of aromatic nitrogens is 2. The van der Waals surface area contributed by atoms with Gasteiger partial charge < -0.3 is 4.74 Å². The van der Waals surface area contributed by atoms with Crippen LogP contribution >= 0.6 is 11.3 Å². The summed E-state index contributed by atoms with van der Waals surface area (Å²) in [6.07, 6.45) is 0.844. The van der Waals surface area contributed by atoms with E-state index in [9.17, 15) is 17.6 Å². The number of ether oxygens (including phenoxy) is 1. The fourth-order valence-corrected chi connectivity index (χ4v) is 4.68. The highest BCUT2D eigenvalue weighted by molar-refractivity contribution is 7.92. The Bertz CT molecular complexity index is 1100. The molecular weight excluding hydrogens is 417 g/mol. The van der Waals surface area contributed by atoms with Crippen LogP contribution in [0.4, 0.5) is 9.52 Å². The molecule has 1 N–H and O–H groups in total. The third-order valence-corrected chi connectivity index (χ3v) is 6.70. The van der Waals surface area contributed by atoms with Gasteiger partial charge in [-0.2, -0.15) is 0 Å². The molecule has 0 aliphatic heterocycles. The van der Waals surface area contributed by atoms with Crippen molar-refractivity contribution in [2.75, 3.05) is 11.9 Å². The van der Waals surface area contributed by atoms with Gasteiger partial charge in [-0.05, 0) is 42.3 Å². The van der Waals surface area contributed by atoms with Gasteiger partial charge in [0, 0.05) is 5.56 Å². The van der Waals surface area contributed by atoms with Crippen LogP contribution in [0.5, 0.6) is 5.75 Å². The first-order valence-corrected chi connectivity index (χ1v) is 11.2. The van der Waals surface area contributed by atoms with Crippen molar-refractivity contribution in [3.8, 4) is 5.75 Å². The molecule has 1 aromatic heterocycles. The van der Waals surface area contributed by atoms with E-state index in [0.29, 0.717) is 23.5 Å². The summed E-state index contributed by atoms with van der Waals surface area (Å²) in [6.45, 7) is 2.52. The molecule has 0 fully saturated rings. The van der Waals surface area contributed by atoms with E-state index >= 15 is 0 Å². The molecule has 0 saturated heterocycles. The summed E-state index contributed by atoms with van der Waals surface area (Å²) in [6, 6.07) is 11.8. The Balaban J connectivity index is 1.69. The van der Waals surface area contributed by atoms with E-state index in [2.05, 4.69) is 15.5 Å². The van der Waals surface area contributed by atoms with Crippen LogP contribution in [0.3, 0.4) is 0 Å². The Kier molecular flexibility index (Phi) is 6.55. The fourth-order valence-electron chi connectivity index (χ4n) is 2.36. The van der Waals surface area contributed by atoms with E-state index in [-0.39, 0.29) is 15.2 Å². The topological polar surface area (TPSA) is 98.2 Å². The lowest BCUT2D eigenvalue weighted by atomic mass is 10.2. The quantitative estimate of drug-likeness (QED) is 0.542. The minimum atomic E-state index is -3.77. The smallest absolute Gasteiger partial charge is 0.257 e. The number of halogens is 1. The standard InChI is InChI=1S/C19H18FN3O4S2/c1-2-10-27-16-5-3-4-14(11-16)17(24)21-18-22-23-19(28-18)29(25,26)12-13-6-8-15(20)9-7-13/h3-9,11H,2,10,12H2,1H3,(H,21,22,24). The lowest BCUT2D eigenvalue weighted by Crippen LogP contribution is -2.11. The number of sulfone groups is 1. The molecule has 10 heteroatoms. The third-order valence-electron chi connectivity index (χ3n) is 3.73.